The van der Waals surface area contributed by atoms with Gasteiger partial charge in [-0.05, 0) is 23.8 Å². The van der Waals surface area contributed by atoms with Gasteiger partial charge in [-0.25, -0.2) is 0 Å². The Morgan fingerprint density at radius 1 is 1.25 bits per heavy atom. The Labute approximate surface area is 95.1 Å². The minimum atomic E-state index is 0.806. The number of anilines is 1. The maximum Gasteiger partial charge on any atom is 0.0534 e. The highest BCUT2D eigenvalue weighted by Gasteiger charge is 1.93. The Balaban J connectivity index is 1.70. The van der Waals surface area contributed by atoms with E-state index in [1.54, 1.807) is 6.20 Å². The van der Waals surface area contributed by atoms with Crippen LogP contribution in [0.15, 0.2) is 42.7 Å². The van der Waals surface area contributed by atoms with Crippen molar-refractivity contribution in [2.45, 2.75) is 13.1 Å². The van der Waals surface area contributed by atoms with E-state index in [1.807, 2.05) is 41.2 Å². The van der Waals surface area contributed by atoms with E-state index in [4.69, 9.17) is 5.73 Å². The van der Waals surface area contributed by atoms with Crippen molar-refractivity contribution in [1.82, 2.24) is 15.1 Å². The molecular formula is C12H16N4. The molecule has 0 radical (unpaired) electrons. The average molecular weight is 216 g/mol. The standard InChI is InChI=1S/C12H16N4/c13-12-4-2-11(3-5-12)10-14-7-9-16-8-1-6-15-16/h1-6,8,14H,7,9-10,13H2. The van der Waals surface area contributed by atoms with Crippen LogP contribution in [0.4, 0.5) is 5.69 Å². The molecule has 84 valence electrons. The molecule has 4 heteroatoms. The molecule has 0 aliphatic carbocycles. The minimum absolute atomic E-state index is 0.806. The normalized spacial score (nSPS) is 10.5. The van der Waals surface area contributed by atoms with Gasteiger partial charge in [0.1, 0.15) is 0 Å². The Bertz CT molecular complexity index is 405. The molecule has 1 heterocycles. The third-order valence-electron chi connectivity index (χ3n) is 2.39. The fourth-order valence-electron chi connectivity index (χ4n) is 1.49. The number of benzene rings is 1. The van der Waals surface area contributed by atoms with Gasteiger partial charge >= 0.3 is 0 Å². The number of nitrogens with one attached hydrogen (secondary N) is 1. The summed E-state index contributed by atoms with van der Waals surface area (Å²) in [5, 5.41) is 7.49. The largest absolute Gasteiger partial charge is 0.399 e. The van der Waals surface area contributed by atoms with Crippen LogP contribution in [0.1, 0.15) is 5.56 Å². The van der Waals surface area contributed by atoms with Crippen LogP contribution in [0.25, 0.3) is 0 Å². The van der Waals surface area contributed by atoms with Gasteiger partial charge in [0.25, 0.3) is 0 Å². The number of hydrogen-bond donors (Lipinski definition) is 2. The van der Waals surface area contributed by atoms with Crippen molar-refractivity contribution in [3.05, 3.63) is 48.3 Å². The summed E-state index contributed by atoms with van der Waals surface area (Å²) in [6, 6.07) is 9.85. The molecule has 0 spiro atoms. The van der Waals surface area contributed by atoms with Gasteiger partial charge in [0.2, 0.25) is 0 Å². The van der Waals surface area contributed by atoms with Gasteiger partial charge in [-0.2, -0.15) is 5.10 Å². The zero-order valence-electron chi connectivity index (χ0n) is 9.13. The highest BCUT2D eigenvalue weighted by atomic mass is 15.3. The molecule has 3 N–H and O–H groups in total. The van der Waals surface area contributed by atoms with Crippen LogP contribution in [-0.4, -0.2) is 16.3 Å². The second kappa shape index (κ2) is 5.32. The summed E-state index contributed by atoms with van der Waals surface area (Å²) in [4.78, 5) is 0. The molecule has 0 fully saturated rings. The van der Waals surface area contributed by atoms with Crippen molar-refractivity contribution in [3.8, 4) is 0 Å². The van der Waals surface area contributed by atoms with E-state index < -0.39 is 0 Å². The van der Waals surface area contributed by atoms with Crippen molar-refractivity contribution in [2.75, 3.05) is 12.3 Å². The monoisotopic (exact) mass is 216 g/mol. The summed E-state index contributed by atoms with van der Waals surface area (Å²) in [5.41, 5.74) is 7.66. The molecule has 0 saturated heterocycles. The number of hydrogen-bond acceptors (Lipinski definition) is 3. The Morgan fingerprint density at radius 3 is 2.75 bits per heavy atom. The average Bonchev–Trinajstić information content (AvgIpc) is 2.80. The summed E-state index contributed by atoms with van der Waals surface area (Å²) < 4.78 is 1.91. The first-order valence-electron chi connectivity index (χ1n) is 5.37. The number of nitrogen functional groups attached to an aromatic ring is 1. The molecule has 0 saturated carbocycles. The Kier molecular flexibility index (Phi) is 3.56. The van der Waals surface area contributed by atoms with E-state index >= 15 is 0 Å². The first kappa shape index (κ1) is 10.7. The molecule has 16 heavy (non-hydrogen) atoms. The van der Waals surface area contributed by atoms with Crippen LogP contribution >= 0.6 is 0 Å². The van der Waals surface area contributed by atoms with Gasteiger partial charge in [-0.3, -0.25) is 4.68 Å². The van der Waals surface area contributed by atoms with E-state index in [2.05, 4.69) is 10.4 Å². The predicted octanol–water partition coefficient (Wildman–Crippen LogP) is 1.26. The smallest absolute Gasteiger partial charge is 0.0534 e. The summed E-state index contributed by atoms with van der Waals surface area (Å²) in [6.45, 7) is 2.66. The topological polar surface area (TPSA) is 55.9 Å². The third kappa shape index (κ3) is 3.10. The lowest BCUT2D eigenvalue weighted by atomic mass is 10.2. The Morgan fingerprint density at radius 2 is 2.06 bits per heavy atom. The zero-order chi connectivity index (χ0) is 11.2. The van der Waals surface area contributed by atoms with E-state index in [0.717, 1.165) is 25.3 Å². The highest BCUT2D eigenvalue weighted by Crippen LogP contribution is 2.04. The molecule has 0 aliphatic heterocycles. The third-order valence-corrected chi connectivity index (χ3v) is 2.39. The van der Waals surface area contributed by atoms with Gasteiger partial charge in [-0.15, -0.1) is 0 Å². The molecule has 0 bridgehead atoms. The molecule has 2 rings (SSSR count). The first-order chi connectivity index (χ1) is 7.84. The number of nitrogens with two attached hydrogens (primary N) is 1. The van der Waals surface area contributed by atoms with Crippen LogP contribution < -0.4 is 11.1 Å². The number of nitrogens with zero attached hydrogens (tertiary/aromatic N) is 2. The van der Waals surface area contributed by atoms with Gasteiger partial charge in [-0.1, -0.05) is 12.1 Å². The van der Waals surface area contributed by atoms with Gasteiger partial charge in [0.15, 0.2) is 0 Å². The highest BCUT2D eigenvalue weighted by molar-refractivity contribution is 5.39. The molecule has 1 aromatic carbocycles. The molecular weight excluding hydrogens is 200 g/mol. The lowest BCUT2D eigenvalue weighted by Crippen LogP contribution is -2.19. The van der Waals surface area contributed by atoms with Crippen LogP contribution in [0.2, 0.25) is 0 Å². The molecule has 2 aromatic rings. The summed E-state index contributed by atoms with van der Waals surface area (Å²) >= 11 is 0. The van der Waals surface area contributed by atoms with Crippen LogP contribution in [0.5, 0.6) is 0 Å². The van der Waals surface area contributed by atoms with Crippen molar-refractivity contribution < 1.29 is 0 Å². The SMILES string of the molecule is Nc1ccc(CNCCn2cccn2)cc1. The zero-order valence-corrected chi connectivity index (χ0v) is 9.13. The lowest BCUT2D eigenvalue weighted by Gasteiger charge is -2.05. The predicted molar refractivity (Wildman–Crippen MR) is 64.8 cm³/mol. The van der Waals surface area contributed by atoms with Gasteiger partial charge in [0, 0.05) is 31.2 Å². The summed E-state index contributed by atoms with van der Waals surface area (Å²) in [6.07, 6.45) is 3.75. The van der Waals surface area contributed by atoms with E-state index in [0.29, 0.717) is 0 Å². The van der Waals surface area contributed by atoms with E-state index in [1.165, 1.54) is 5.56 Å². The molecule has 0 aliphatic rings. The fraction of sp³-hybridized carbons (Fsp3) is 0.250. The second-order valence-corrected chi connectivity index (χ2v) is 3.69. The fourth-order valence-corrected chi connectivity index (χ4v) is 1.49. The van der Waals surface area contributed by atoms with Crippen LogP contribution in [0.3, 0.4) is 0 Å². The van der Waals surface area contributed by atoms with E-state index in [-0.39, 0.29) is 0 Å². The van der Waals surface area contributed by atoms with Gasteiger partial charge in [0.05, 0.1) is 6.54 Å². The second-order valence-electron chi connectivity index (χ2n) is 3.69. The maximum atomic E-state index is 5.61. The van der Waals surface area contributed by atoms with Gasteiger partial charge < -0.3 is 11.1 Å². The van der Waals surface area contributed by atoms with Crippen molar-refractivity contribution >= 4 is 5.69 Å². The molecule has 0 atom stereocenters. The van der Waals surface area contributed by atoms with Crippen molar-refractivity contribution in [3.63, 3.8) is 0 Å². The van der Waals surface area contributed by atoms with Crippen molar-refractivity contribution in [2.24, 2.45) is 0 Å². The van der Waals surface area contributed by atoms with Crippen LogP contribution in [-0.2, 0) is 13.1 Å². The Hall–Kier alpha value is -1.81. The molecule has 0 unspecified atom stereocenters. The summed E-state index contributed by atoms with van der Waals surface area (Å²) in [5.74, 6) is 0. The lowest BCUT2D eigenvalue weighted by molar-refractivity contribution is 0.555. The number of aromatic nitrogens is 2. The van der Waals surface area contributed by atoms with E-state index in [9.17, 15) is 0 Å². The van der Waals surface area contributed by atoms with Crippen LogP contribution in [0, 0.1) is 0 Å². The molecule has 4 nitrogen and oxygen atoms in total. The first-order valence-corrected chi connectivity index (χ1v) is 5.37. The molecule has 1 aromatic heterocycles. The quantitative estimate of drug-likeness (QED) is 0.584. The maximum absolute atomic E-state index is 5.61. The minimum Gasteiger partial charge on any atom is -0.399 e. The molecule has 0 amide bonds. The van der Waals surface area contributed by atoms with Crippen molar-refractivity contribution in [1.29, 1.82) is 0 Å². The summed E-state index contributed by atoms with van der Waals surface area (Å²) in [7, 11) is 0. The number of rotatable bonds is 5.